The van der Waals surface area contributed by atoms with Crippen LogP contribution in [0.1, 0.15) is 42.1 Å². The molecule has 2 atom stereocenters. The van der Waals surface area contributed by atoms with E-state index in [-0.39, 0.29) is 17.7 Å². The fourth-order valence-corrected chi connectivity index (χ4v) is 3.88. The molecule has 2 aromatic rings. The van der Waals surface area contributed by atoms with Crippen molar-refractivity contribution in [1.29, 1.82) is 0 Å². The van der Waals surface area contributed by atoms with Crippen LogP contribution in [0.4, 0.5) is 17.1 Å². The second kappa shape index (κ2) is 7.66. The lowest BCUT2D eigenvalue weighted by molar-refractivity contribution is -0.117. The van der Waals surface area contributed by atoms with Crippen LogP contribution in [0.3, 0.4) is 0 Å². The first kappa shape index (κ1) is 18.5. The molecule has 5 nitrogen and oxygen atoms in total. The number of amides is 2. The van der Waals surface area contributed by atoms with E-state index in [2.05, 4.69) is 35.4 Å². The molecule has 28 heavy (non-hydrogen) atoms. The predicted octanol–water partition coefficient (Wildman–Crippen LogP) is 4.44. The first-order valence-corrected chi connectivity index (χ1v) is 10.1. The highest BCUT2D eigenvalue weighted by Gasteiger charge is 2.39. The van der Waals surface area contributed by atoms with Gasteiger partial charge in [-0.2, -0.15) is 0 Å². The van der Waals surface area contributed by atoms with Gasteiger partial charge < -0.3 is 15.5 Å². The Morgan fingerprint density at radius 3 is 2.21 bits per heavy atom. The van der Waals surface area contributed by atoms with Crippen molar-refractivity contribution in [2.75, 3.05) is 28.6 Å². The molecule has 1 aliphatic carbocycles. The largest absolute Gasteiger partial charge is 0.371 e. The molecule has 5 heteroatoms. The minimum atomic E-state index is -0.151. The number of anilines is 3. The molecule has 0 aromatic heterocycles. The molecule has 2 aromatic carbocycles. The van der Waals surface area contributed by atoms with Crippen molar-refractivity contribution in [2.24, 2.45) is 11.8 Å². The fourth-order valence-electron chi connectivity index (χ4n) is 3.88. The number of carbonyl (C=O) groups excluding carboxylic acids is 2. The van der Waals surface area contributed by atoms with Crippen molar-refractivity contribution in [3.05, 3.63) is 53.6 Å². The Kier molecular flexibility index (Phi) is 5.07. The van der Waals surface area contributed by atoms with Gasteiger partial charge in [0.25, 0.3) is 5.91 Å². The Bertz CT molecular complexity index is 885. The third-order valence-corrected chi connectivity index (χ3v) is 5.76. The Labute approximate surface area is 166 Å². The zero-order chi connectivity index (χ0) is 19.7. The Morgan fingerprint density at radius 2 is 1.61 bits per heavy atom. The summed E-state index contributed by atoms with van der Waals surface area (Å²) in [4.78, 5) is 27.0. The van der Waals surface area contributed by atoms with E-state index in [0.29, 0.717) is 11.5 Å². The van der Waals surface area contributed by atoms with Crippen LogP contribution < -0.4 is 15.5 Å². The van der Waals surface area contributed by atoms with Gasteiger partial charge in [-0.05, 0) is 80.1 Å². The average Bonchev–Trinajstić information content (AvgIpc) is 3.17. The fraction of sp³-hybridized carbons (Fsp3) is 0.391. The molecule has 0 radical (unpaired) electrons. The molecular formula is C23H27N3O2. The lowest BCUT2D eigenvalue weighted by Gasteiger charge is -2.20. The van der Waals surface area contributed by atoms with Gasteiger partial charge in [-0.15, -0.1) is 0 Å². The van der Waals surface area contributed by atoms with Crippen LogP contribution in [-0.4, -0.2) is 24.9 Å². The molecule has 2 fully saturated rings. The van der Waals surface area contributed by atoms with Crippen LogP contribution in [0.25, 0.3) is 0 Å². The highest BCUT2D eigenvalue weighted by atomic mass is 16.2. The van der Waals surface area contributed by atoms with Crippen molar-refractivity contribution in [1.82, 2.24) is 0 Å². The van der Waals surface area contributed by atoms with Gasteiger partial charge in [0.2, 0.25) is 5.91 Å². The van der Waals surface area contributed by atoms with Gasteiger partial charge in [0.05, 0.1) is 0 Å². The molecule has 1 saturated heterocycles. The number of rotatable bonds is 5. The second-order valence-corrected chi connectivity index (χ2v) is 8.04. The Hall–Kier alpha value is -2.82. The van der Waals surface area contributed by atoms with Crippen molar-refractivity contribution in [2.45, 2.75) is 33.1 Å². The standard InChI is InChI=1S/C23H27N3O2/c1-15-14-20(15)23(28)24-18-7-5-17(6-8-18)22(27)25-19-9-10-21(16(2)13-19)26-11-3-4-12-26/h5-10,13,15,20H,3-4,11-12,14H2,1-2H3,(H,24,28)(H,25,27). The lowest BCUT2D eigenvalue weighted by atomic mass is 10.1. The number of benzene rings is 2. The SMILES string of the molecule is Cc1cc(NC(=O)c2ccc(NC(=O)C3CC3C)cc2)ccc1N1CCCC1. The van der Waals surface area contributed by atoms with Gasteiger partial charge in [-0.3, -0.25) is 9.59 Å². The minimum Gasteiger partial charge on any atom is -0.371 e. The smallest absolute Gasteiger partial charge is 0.255 e. The number of aryl methyl sites for hydroxylation is 1. The summed E-state index contributed by atoms with van der Waals surface area (Å²) in [7, 11) is 0. The molecule has 2 amide bonds. The number of carbonyl (C=O) groups is 2. The molecule has 1 heterocycles. The van der Waals surface area contributed by atoms with Crippen LogP contribution in [0.15, 0.2) is 42.5 Å². The summed E-state index contributed by atoms with van der Waals surface area (Å²) >= 11 is 0. The maximum Gasteiger partial charge on any atom is 0.255 e. The van der Waals surface area contributed by atoms with E-state index < -0.39 is 0 Å². The molecule has 0 spiro atoms. The van der Waals surface area contributed by atoms with E-state index in [1.807, 2.05) is 12.1 Å². The quantitative estimate of drug-likeness (QED) is 0.810. The van der Waals surface area contributed by atoms with Crippen LogP contribution in [0, 0.1) is 18.8 Å². The summed E-state index contributed by atoms with van der Waals surface area (Å²) in [5, 5.41) is 5.88. The molecule has 4 rings (SSSR count). The lowest BCUT2D eigenvalue weighted by Crippen LogP contribution is -2.19. The van der Waals surface area contributed by atoms with Crippen LogP contribution in [0.2, 0.25) is 0 Å². The van der Waals surface area contributed by atoms with Gasteiger partial charge >= 0.3 is 0 Å². The summed E-state index contributed by atoms with van der Waals surface area (Å²) < 4.78 is 0. The first-order valence-electron chi connectivity index (χ1n) is 10.1. The van der Waals surface area contributed by atoms with Gasteiger partial charge in [0.15, 0.2) is 0 Å². The number of hydrogen-bond donors (Lipinski definition) is 2. The molecular weight excluding hydrogens is 350 g/mol. The first-order chi connectivity index (χ1) is 13.5. The van der Waals surface area contributed by atoms with E-state index in [4.69, 9.17) is 0 Å². The molecule has 2 N–H and O–H groups in total. The zero-order valence-electron chi connectivity index (χ0n) is 16.5. The van der Waals surface area contributed by atoms with Crippen molar-refractivity contribution < 1.29 is 9.59 Å². The number of nitrogens with zero attached hydrogens (tertiary/aromatic N) is 1. The summed E-state index contributed by atoms with van der Waals surface area (Å²) in [5.74, 6) is 0.528. The summed E-state index contributed by atoms with van der Waals surface area (Å²) in [5.41, 5.74) is 4.52. The molecule has 2 aliphatic rings. The maximum atomic E-state index is 12.6. The molecule has 146 valence electrons. The van der Waals surface area contributed by atoms with Crippen LogP contribution >= 0.6 is 0 Å². The number of nitrogens with one attached hydrogen (secondary N) is 2. The van der Waals surface area contributed by atoms with E-state index in [1.54, 1.807) is 24.3 Å². The van der Waals surface area contributed by atoms with Crippen molar-refractivity contribution >= 4 is 28.9 Å². The zero-order valence-corrected chi connectivity index (χ0v) is 16.5. The normalized spacial score (nSPS) is 20.7. The van der Waals surface area contributed by atoms with Crippen LogP contribution in [0.5, 0.6) is 0 Å². The van der Waals surface area contributed by atoms with Gasteiger partial charge in [-0.25, -0.2) is 0 Å². The van der Waals surface area contributed by atoms with E-state index in [1.165, 1.54) is 24.1 Å². The van der Waals surface area contributed by atoms with Crippen LogP contribution in [-0.2, 0) is 4.79 Å². The summed E-state index contributed by atoms with van der Waals surface area (Å²) in [6.45, 7) is 6.38. The molecule has 1 saturated carbocycles. The maximum absolute atomic E-state index is 12.6. The second-order valence-electron chi connectivity index (χ2n) is 8.04. The Balaban J connectivity index is 1.38. The highest BCUT2D eigenvalue weighted by molar-refractivity contribution is 6.05. The number of hydrogen-bond acceptors (Lipinski definition) is 3. The molecule has 2 unspecified atom stereocenters. The van der Waals surface area contributed by atoms with E-state index >= 15 is 0 Å². The summed E-state index contributed by atoms with van der Waals surface area (Å²) in [6, 6.07) is 13.1. The minimum absolute atomic E-state index is 0.0678. The highest BCUT2D eigenvalue weighted by Crippen LogP contribution is 2.38. The predicted molar refractivity (Wildman–Crippen MR) is 113 cm³/mol. The summed E-state index contributed by atoms with van der Waals surface area (Å²) in [6.07, 6.45) is 3.45. The Morgan fingerprint density at radius 1 is 0.964 bits per heavy atom. The third kappa shape index (κ3) is 4.03. The average molecular weight is 377 g/mol. The third-order valence-electron chi connectivity index (χ3n) is 5.76. The van der Waals surface area contributed by atoms with Gasteiger partial charge in [-0.1, -0.05) is 6.92 Å². The van der Waals surface area contributed by atoms with Crippen molar-refractivity contribution in [3.8, 4) is 0 Å². The monoisotopic (exact) mass is 377 g/mol. The topological polar surface area (TPSA) is 61.4 Å². The molecule has 0 bridgehead atoms. The van der Waals surface area contributed by atoms with Gasteiger partial charge in [0, 0.05) is 41.6 Å². The van der Waals surface area contributed by atoms with E-state index in [9.17, 15) is 9.59 Å². The van der Waals surface area contributed by atoms with E-state index in [0.717, 1.165) is 30.9 Å². The van der Waals surface area contributed by atoms with Gasteiger partial charge in [0.1, 0.15) is 0 Å². The van der Waals surface area contributed by atoms with Crippen molar-refractivity contribution in [3.63, 3.8) is 0 Å². The molecule has 1 aliphatic heterocycles.